The van der Waals surface area contributed by atoms with Crippen LogP contribution in [0.5, 0.6) is 0 Å². The summed E-state index contributed by atoms with van der Waals surface area (Å²) in [6, 6.07) is 10.1. The van der Waals surface area contributed by atoms with Crippen LogP contribution in [0.4, 0.5) is 0 Å². The Morgan fingerprint density at radius 3 is 2.83 bits per heavy atom. The van der Waals surface area contributed by atoms with Gasteiger partial charge in [0.25, 0.3) is 0 Å². The van der Waals surface area contributed by atoms with Crippen LogP contribution >= 0.6 is 11.3 Å². The van der Waals surface area contributed by atoms with Gasteiger partial charge in [-0.2, -0.15) is 0 Å². The second-order valence-corrected chi connectivity index (χ2v) is 4.85. The fourth-order valence-corrected chi connectivity index (χ4v) is 2.83. The summed E-state index contributed by atoms with van der Waals surface area (Å²) in [4.78, 5) is 15.0. The molecule has 0 radical (unpaired) electrons. The number of nitrogens with zero attached hydrogens (tertiary/aromatic N) is 2. The van der Waals surface area contributed by atoms with E-state index >= 15 is 0 Å². The fourth-order valence-electron chi connectivity index (χ4n) is 1.98. The highest BCUT2D eigenvalue weighted by Crippen LogP contribution is 2.29. The Morgan fingerprint density at radius 2 is 2.17 bits per heavy atom. The van der Waals surface area contributed by atoms with Crippen LogP contribution in [0.3, 0.4) is 0 Å². The molecule has 3 rings (SSSR count). The van der Waals surface area contributed by atoms with Crippen molar-refractivity contribution < 1.29 is 9.90 Å². The molecule has 1 aromatic carbocycles. The molecular weight excluding hydrogens is 248 g/mol. The molecule has 2 heterocycles. The van der Waals surface area contributed by atoms with E-state index < -0.39 is 5.97 Å². The first kappa shape index (κ1) is 11.0. The lowest BCUT2D eigenvalue weighted by Gasteiger charge is -1.99. The molecule has 3 aromatic rings. The first-order chi connectivity index (χ1) is 8.66. The molecule has 4 nitrogen and oxygen atoms in total. The number of thiazole rings is 1. The van der Waals surface area contributed by atoms with Crippen LogP contribution in [0.15, 0.2) is 35.7 Å². The van der Waals surface area contributed by atoms with Crippen molar-refractivity contribution in [3.05, 3.63) is 41.4 Å². The number of hydrogen-bond donors (Lipinski definition) is 1. The summed E-state index contributed by atoms with van der Waals surface area (Å²) in [5.74, 6) is -0.990. The molecule has 0 aliphatic carbocycles. The summed E-state index contributed by atoms with van der Waals surface area (Å²) in [6.45, 7) is 0. The van der Waals surface area contributed by atoms with E-state index in [1.54, 1.807) is 5.38 Å². The average molecular weight is 258 g/mol. The SMILES string of the molecule is Cn1c(-c2nc(C(=O)O)cs2)cc2ccccc21. The highest BCUT2D eigenvalue weighted by atomic mass is 32.1. The monoisotopic (exact) mass is 258 g/mol. The maximum atomic E-state index is 10.8. The molecule has 0 bridgehead atoms. The Balaban J connectivity index is 2.18. The van der Waals surface area contributed by atoms with E-state index in [1.165, 1.54) is 11.3 Å². The molecule has 0 amide bonds. The van der Waals surface area contributed by atoms with Crippen LogP contribution in [0.25, 0.3) is 21.6 Å². The first-order valence-corrected chi connectivity index (χ1v) is 6.28. The molecule has 2 aromatic heterocycles. The van der Waals surface area contributed by atoms with Gasteiger partial charge >= 0.3 is 5.97 Å². The molecule has 0 aliphatic heterocycles. The van der Waals surface area contributed by atoms with Gasteiger partial charge in [-0.15, -0.1) is 11.3 Å². The van der Waals surface area contributed by atoms with E-state index in [9.17, 15) is 4.79 Å². The minimum Gasteiger partial charge on any atom is -0.476 e. The summed E-state index contributed by atoms with van der Waals surface area (Å²) >= 11 is 1.35. The van der Waals surface area contributed by atoms with E-state index in [4.69, 9.17) is 5.11 Å². The van der Waals surface area contributed by atoms with Crippen molar-refractivity contribution in [3.63, 3.8) is 0 Å². The van der Waals surface area contributed by atoms with Crippen molar-refractivity contribution in [2.75, 3.05) is 0 Å². The van der Waals surface area contributed by atoms with Crippen LogP contribution in [0.2, 0.25) is 0 Å². The Labute approximate surface area is 107 Å². The summed E-state index contributed by atoms with van der Waals surface area (Å²) < 4.78 is 2.03. The normalized spacial score (nSPS) is 10.9. The minimum absolute atomic E-state index is 0.0975. The van der Waals surface area contributed by atoms with Gasteiger partial charge in [0.1, 0.15) is 5.01 Å². The number of rotatable bonds is 2. The summed E-state index contributed by atoms with van der Waals surface area (Å²) in [5, 5.41) is 12.3. The second kappa shape index (κ2) is 3.96. The van der Waals surface area contributed by atoms with E-state index in [0.29, 0.717) is 0 Å². The van der Waals surface area contributed by atoms with Gasteiger partial charge in [0.2, 0.25) is 0 Å². The first-order valence-electron chi connectivity index (χ1n) is 5.40. The van der Waals surface area contributed by atoms with Gasteiger partial charge in [0, 0.05) is 23.3 Å². The van der Waals surface area contributed by atoms with Crippen LogP contribution < -0.4 is 0 Å². The molecule has 0 spiro atoms. The third-order valence-electron chi connectivity index (χ3n) is 2.89. The third-order valence-corrected chi connectivity index (χ3v) is 3.76. The zero-order valence-electron chi connectivity index (χ0n) is 9.62. The van der Waals surface area contributed by atoms with Gasteiger partial charge in [0.05, 0.1) is 5.69 Å². The van der Waals surface area contributed by atoms with Crippen LogP contribution in [0, 0.1) is 0 Å². The fraction of sp³-hybridized carbons (Fsp3) is 0.0769. The Bertz CT molecular complexity index is 742. The second-order valence-electron chi connectivity index (χ2n) is 3.99. The van der Waals surface area contributed by atoms with Gasteiger partial charge in [-0.05, 0) is 12.1 Å². The zero-order chi connectivity index (χ0) is 12.7. The van der Waals surface area contributed by atoms with Crippen molar-refractivity contribution >= 4 is 28.2 Å². The van der Waals surface area contributed by atoms with Crippen LogP contribution in [0.1, 0.15) is 10.5 Å². The van der Waals surface area contributed by atoms with Crippen molar-refractivity contribution in [2.45, 2.75) is 0 Å². The molecular formula is C13H10N2O2S. The molecule has 0 saturated heterocycles. The number of benzene rings is 1. The lowest BCUT2D eigenvalue weighted by atomic mass is 10.2. The molecule has 0 atom stereocenters. The smallest absolute Gasteiger partial charge is 0.355 e. The standard InChI is InChI=1S/C13H10N2O2S/c1-15-10-5-3-2-4-8(10)6-11(15)12-14-9(7-18-12)13(16)17/h2-7H,1H3,(H,16,17). The molecule has 0 saturated carbocycles. The number of carboxylic acids is 1. The predicted molar refractivity (Wildman–Crippen MR) is 71.0 cm³/mol. The molecule has 90 valence electrons. The van der Waals surface area contributed by atoms with Crippen molar-refractivity contribution in [3.8, 4) is 10.7 Å². The van der Waals surface area contributed by atoms with E-state index in [0.717, 1.165) is 21.6 Å². The minimum atomic E-state index is -0.990. The molecule has 0 fully saturated rings. The van der Waals surface area contributed by atoms with Crippen LogP contribution in [-0.4, -0.2) is 20.6 Å². The Kier molecular flexibility index (Phi) is 2.41. The van der Waals surface area contributed by atoms with Crippen molar-refractivity contribution in [1.82, 2.24) is 9.55 Å². The lowest BCUT2D eigenvalue weighted by molar-refractivity contribution is 0.0691. The number of aromatic nitrogens is 2. The molecule has 0 aliphatic rings. The zero-order valence-corrected chi connectivity index (χ0v) is 10.4. The predicted octanol–water partition coefficient (Wildman–Crippen LogP) is 3.00. The van der Waals surface area contributed by atoms with Gasteiger partial charge in [-0.1, -0.05) is 18.2 Å². The Hall–Kier alpha value is -2.14. The Morgan fingerprint density at radius 1 is 1.39 bits per heavy atom. The average Bonchev–Trinajstić information content (AvgIpc) is 2.95. The maximum absolute atomic E-state index is 10.8. The van der Waals surface area contributed by atoms with E-state index in [2.05, 4.69) is 4.98 Å². The number of carbonyl (C=O) groups is 1. The van der Waals surface area contributed by atoms with Gasteiger partial charge < -0.3 is 9.67 Å². The number of aryl methyl sites for hydroxylation is 1. The number of hydrogen-bond acceptors (Lipinski definition) is 3. The number of fused-ring (bicyclic) bond motifs is 1. The summed E-state index contributed by atoms with van der Waals surface area (Å²) in [6.07, 6.45) is 0. The van der Waals surface area contributed by atoms with Gasteiger partial charge in [0.15, 0.2) is 5.69 Å². The molecule has 0 unspecified atom stereocenters. The summed E-state index contributed by atoms with van der Waals surface area (Å²) in [7, 11) is 1.96. The molecule has 18 heavy (non-hydrogen) atoms. The van der Waals surface area contributed by atoms with Crippen LogP contribution in [-0.2, 0) is 7.05 Å². The third kappa shape index (κ3) is 1.60. The van der Waals surface area contributed by atoms with Gasteiger partial charge in [-0.3, -0.25) is 0 Å². The highest BCUT2D eigenvalue weighted by Gasteiger charge is 2.13. The van der Waals surface area contributed by atoms with Crippen molar-refractivity contribution in [2.24, 2.45) is 7.05 Å². The molecule has 5 heteroatoms. The topological polar surface area (TPSA) is 55.1 Å². The largest absolute Gasteiger partial charge is 0.476 e. The highest BCUT2D eigenvalue weighted by molar-refractivity contribution is 7.13. The van der Waals surface area contributed by atoms with E-state index in [-0.39, 0.29) is 5.69 Å². The van der Waals surface area contributed by atoms with Gasteiger partial charge in [-0.25, -0.2) is 9.78 Å². The van der Waals surface area contributed by atoms with Crippen molar-refractivity contribution in [1.29, 1.82) is 0 Å². The number of carboxylic acid groups (broad SMARTS) is 1. The maximum Gasteiger partial charge on any atom is 0.355 e. The molecule has 1 N–H and O–H groups in total. The summed E-state index contributed by atoms with van der Waals surface area (Å²) in [5.41, 5.74) is 2.15. The number of para-hydroxylation sites is 1. The lowest BCUT2D eigenvalue weighted by Crippen LogP contribution is -1.96. The quantitative estimate of drug-likeness (QED) is 0.768. The number of aromatic carboxylic acids is 1. The van der Waals surface area contributed by atoms with E-state index in [1.807, 2.05) is 41.9 Å².